The summed E-state index contributed by atoms with van der Waals surface area (Å²) in [4.78, 5) is 12.9. The third kappa shape index (κ3) is 3.22. The smallest absolute Gasteiger partial charge is 0.269 e. The maximum Gasteiger partial charge on any atom is 0.269 e. The molecule has 0 fully saturated rings. The van der Waals surface area contributed by atoms with Gasteiger partial charge in [0.25, 0.3) is 5.91 Å². The van der Waals surface area contributed by atoms with E-state index >= 15 is 0 Å². The topological polar surface area (TPSA) is 72.9 Å². The molecule has 0 aromatic carbocycles. The van der Waals surface area contributed by atoms with Gasteiger partial charge in [0.1, 0.15) is 5.69 Å². The lowest BCUT2D eigenvalue weighted by Crippen LogP contribution is -2.25. The van der Waals surface area contributed by atoms with Crippen molar-refractivity contribution in [2.75, 3.05) is 6.54 Å². The molecular formula is C13H14N4OS. The van der Waals surface area contributed by atoms with Gasteiger partial charge < -0.3 is 11.1 Å². The number of aryl methyl sites for hydroxylation is 1. The molecule has 2 aromatic heterocycles. The summed E-state index contributed by atoms with van der Waals surface area (Å²) in [5.74, 6) is 5.66. The summed E-state index contributed by atoms with van der Waals surface area (Å²) >= 11 is 1.56. The van der Waals surface area contributed by atoms with Gasteiger partial charge in [0.2, 0.25) is 0 Å². The fourth-order valence-corrected chi connectivity index (χ4v) is 2.35. The Kier molecular flexibility index (Phi) is 4.34. The Morgan fingerprint density at radius 3 is 3.11 bits per heavy atom. The van der Waals surface area contributed by atoms with Crippen molar-refractivity contribution in [1.82, 2.24) is 15.1 Å². The van der Waals surface area contributed by atoms with Crippen LogP contribution in [0, 0.1) is 11.8 Å². The Hall–Kier alpha value is -2.10. The number of nitrogens with two attached hydrogens (primary N) is 1. The Labute approximate surface area is 115 Å². The minimum atomic E-state index is -0.147. The quantitative estimate of drug-likeness (QED) is 0.810. The van der Waals surface area contributed by atoms with E-state index < -0.39 is 0 Å². The van der Waals surface area contributed by atoms with E-state index in [2.05, 4.69) is 22.3 Å². The summed E-state index contributed by atoms with van der Waals surface area (Å²) in [6.45, 7) is 0.785. The van der Waals surface area contributed by atoms with Crippen LogP contribution in [0.5, 0.6) is 0 Å². The van der Waals surface area contributed by atoms with E-state index in [4.69, 9.17) is 5.73 Å². The lowest BCUT2D eigenvalue weighted by atomic mass is 10.2. The van der Waals surface area contributed by atoms with Crippen molar-refractivity contribution in [2.45, 2.75) is 6.54 Å². The van der Waals surface area contributed by atoms with Crippen LogP contribution < -0.4 is 11.1 Å². The predicted molar refractivity (Wildman–Crippen MR) is 74.6 cm³/mol. The standard InChI is InChI=1S/C13H14N4OS/c1-17-11(4-7-16-17)13(18)15-9-12-10(3-2-6-14)5-8-19-12/h4-5,7-8H,6,9,14H2,1H3,(H,15,18). The molecule has 0 spiro atoms. The molecule has 2 aromatic rings. The second-order valence-electron chi connectivity index (χ2n) is 3.79. The highest BCUT2D eigenvalue weighted by Gasteiger charge is 2.10. The second kappa shape index (κ2) is 6.18. The van der Waals surface area contributed by atoms with Gasteiger partial charge in [-0.2, -0.15) is 5.10 Å². The van der Waals surface area contributed by atoms with Gasteiger partial charge in [-0.3, -0.25) is 9.48 Å². The van der Waals surface area contributed by atoms with E-state index in [9.17, 15) is 4.79 Å². The van der Waals surface area contributed by atoms with E-state index in [1.807, 2.05) is 11.4 Å². The molecule has 0 unspecified atom stereocenters. The van der Waals surface area contributed by atoms with Crippen LogP contribution in [-0.4, -0.2) is 22.2 Å². The van der Waals surface area contributed by atoms with Crippen LogP contribution >= 0.6 is 11.3 Å². The number of nitrogens with one attached hydrogen (secondary N) is 1. The third-order valence-electron chi connectivity index (χ3n) is 2.53. The lowest BCUT2D eigenvalue weighted by molar-refractivity contribution is 0.0942. The molecule has 1 amide bonds. The number of carbonyl (C=O) groups excluding carboxylic acids is 1. The van der Waals surface area contributed by atoms with Crippen molar-refractivity contribution >= 4 is 17.2 Å². The van der Waals surface area contributed by atoms with E-state index in [1.54, 1.807) is 35.3 Å². The molecule has 2 rings (SSSR count). The molecule has 0 saturated carbocycles. The number of thiophene rings is 1. The maximum absolute atomic E-state index is 11.9. The van der Waals surface area contributed by atoms with Crippen molar-refractivity contribution in [3.8, 4) is 11.8 Å². The zero-order chi connectivity index (χ0) is 13.7. The highest BCUT2D eigenvalue weighted by atomic mass is 32.1. The van der Waals surface area contributed by atoms with Crippen molar-refractivity contribution in [1.29, 1.82) is 0 Å². The van der Waals surface area contributed by atoms with Crippen molar-refractivity contribution in [3.05, 3.63) is 39.8 Å². The highest BCUT2D eigenvalue weighted by molar-refractivity contribution is 7.10. The van der Waals surface area contributed by atoms with Gasteiger partial charge in [0.15, 0.2) is 0 Å². The van der Waals surface area contributed by atoms with Crippen LogP contribution in [0.3, 0.4) is 0 Å². The molecule has 0 aliphatic heterocycles. The van der Waals surface area contributed by atoms with Gasteiger partial charge >= 0.3 is 0 Å². The van der Waals surface area contributed by atoms with Crippen molar-refractivity contribution in [2.24, 2.45) is 12.8 Å². The first-order chi connectivity index (χ1) is 9.22. The van der Waals surface area contributed by atoms with Crippen LogP contribution in [-0.2, 0) is 13.6 Å². The summed E-state index contributed by atoms with van der Waals surface area (Å²) in [5, 5.41) is 8.77. The highest BCUT2D eigenvalue weighted by Crippen LogP contribution is 2.15. The average Bonchev–Trinajstić information content (AvgIpc) is 3.02. The molecule has 0 atom stereocenters. The SMILES string of the molecule is Cn1nccc1C(=O)NCc1sccc1C#CCN. The molecule has 19 heavy (non-hydrogen) atoms. The maximum atomic E-state index is 11.9. The van der Waals surface area contributed by atoms with Gasteiger partial charge in [-0.1, -0.05) is 11.8 Å². The number of rotatable bonds is 3. The molecule has 0 saturated heterocycles. The number of aromatic nitrogens is 2. The fourth-order valence-electron chi connectivity index (χ4n) is 1.58. The molecule has 0 bridgehead atoms. The van der Waals surface area contributed by atoms with Gasteiger partial charge in [-0.15, -0.1) is 11.3 Å². The van der Waals surface area contributed by atoms with E-state index in [0.29, 0.717) is 18.8 Å². The number of amides is 1. The van der Waals surface area contributed by atoms with Crippen LogP contribution in [0.1, 0.15) is 20.9 Å². The van der Waals surface area contributed by atoms with Crippen LogP contribution in [0.15, 0.2) is 23.7 Å². The average molecular weight is 274 g/mol. The number of carbonyl (C=O) groups is 1. The third-order valence-corrected chi connectivity index (χ3v) is 3.45. The Morgan fingerprint density at radius 1 is 1.58 bits per heavy atom. The normalized spacial score (nSPS) is 9.79. The van der Waals surface area contributed by atoms with Crippen LogP contribution in [0.4, 0.5) is 0 Å². The first kappa shape index (κ1) is 13.3. The molecule has 2 heterocycles. The number of nitrogens with zero attached hydrogens (tertiary/aromatic N) is 2. The predicted octanol–water partition coefficient (Wildman–Crippen LogP) is 0.722. The summed E-state index contributed by atoms with van der Waals surface area (Å²) < 4.78 is 1.54. The fraction of sp³-hybridized carbons (Fsp3) is 0.231. The first-order valence-electron chi connectivity index (χ1n) is 5.74. The molecule has 0 aliphatic carbocycles. The largest absolute Gasteiger partial charge is 0.346 e. The molecule has 3 N–H and O–H groups in total. The van der Waals surface area contributed by atoms with Gasteiger partial charge in [-0.05, 0) is 17.5 Å². The molecule has 5 nitrogen and oxygen atoms in total. The van der Waals surface area contributed by atoms with E-state index in [0.717, 1.165) is 10.4 Å². The summed E-state index contributed by atoms with van der Waals surface area (Å²) in [6, 6.07) is 3.61. The molecule has 98 valence electrons. The van der Waals surface area contributed by atoms with Gasteiger partial charge in [0, 0.05) is 23.7 Å². The minimum absolute atomic E-state index is 0.147. The van der Waals surface area contributed by atoms with Crippen LogP contribution in [0.25, 0.3) is 0 Å². The Balaban J connectivity index is 2.02. The van der Waals surface area contributed by atoms with E-state index in [1.165, 1.54) is 0 Å². The number of hydrogen-bond acceptors (Lipinski definition) is 4. The zero-order valence-corrected chi connectivity index (χ0v) is 11.3. The molecule has 0 radical (unpaired) electrons. The first-order valence-corrected chi connectivity index (χ1v) is 6.62. The lowest BCUT2D eigenvalue weighted by Gasteiger charge is -2.04. The summed E-state index contributed by atoms with van der Waals surface area (Å²) in [5.41, 5.74) is 6.80. The molecule has 6 heteroatoms. The summed E-state index contributed by atoms with van der Waals surface area (Å²) in [6.07, 6.45) is 1.60. The van der Waals surface area contributed by atoms with Crippen LogP contribution in [0.2, 0.25) is 0 Å². The molecular weight excluding hydrogens is 260 g/mol. The van der Waals surface area contributed by atoms with Gasteiger partial charge in [0.05, 0.1) is 13.1 Å². The number of hydrogen-bond donors (Lipinski definition) is 2. The Bertz CT molecular complexity index is 632. The van der Waals surface area contributed by atoms with E-state index in [-0.39, 0.29) is 5.91 Å². The Morgan fingerprint density at radius 2 is 2.42 bits per heavy atom. The van der Waals surface area contributed by atoms with Crippen molar-refractivity contribution in [3.63, 3.8) is 0 Å². The van der Waals surface area contributed by atoms with Gasteiger partial charge in [-0.25, -0.2) is 0 Å². The van der Waals surface area contributed by atoms with Crippen molar-refractivity contribution < 1.29 is 4.79 Å². The monoisotopic (exact) mass is 274 g/mol. The minimum Gasteiger partial charge on any atom is -0.346 e. The second-order valence-corrected chi connectivity index (χ2v) is 4.79. The summed E-state index contributed by atoms with van der Waals surface area (Å²) in [7, 11) is 1.73. The zero-order valence-electron chi connectivity index (χ0n) is 10.5. The molecule has 0 aliphatic rings.